The average molecular weight is 374 g/mol. The zero-order valence-corrected chi connectivity index (χ0v) is 16.9. The molecule has 6 heteroatoms. The number of ether oxygens (including phenoxy) is 2. The van der Waals surface area contributed by atoms with Crippen molar-refractivity contribution >= 4 is 17.6 Å². The molecule has 0 aliphatic carbocycles. The molecule has 0 aliphatic heterocycles. The van der Waals surface area contributed by atoms with Gasteiger partial charge < -0.3 is 14.4 Å². The smallest absolute Gasteiger partial charge is 0.335 e. The Labute approximate surface area is 162 Å². The van der Waals surface area contributed by atoms with E-state index in [9.17, 15) is 9.59 Å². The molecule has 148 valence electrons. The van der Waals surface area contributed by atoms with Crippen LogP contribution in [-0.2, 0) is 19.1 Å². The molecule has 1 atom stereocenters. The predicted octanol–water partition coefficient (Wildman–Crippen LogP) is 3.54. The summed E-state index contributed by atoms with van der Waals surface area (Å²) in [6.45, 7) is 10.1. The van der Waals surface area contributed by atoms with Crippen molar-refractivity contribution in [1.29, 1.82) is 5.26 Å². The molecule has 1 rings (SSSR count). The number of amides is 1. The number of esters is 1. The van der Waals surface area contributed by atoms with Crippen molar-refractivity contribution in [3.8, 4) is 6.07 Å². The summed E-state index contributed by atoms with van der Waals surface area (Å²) in [4.78, 5) is 26.1. The number of benzene rings is 1. The van der Waals surface area contributed by atoms with Crippen LogP contribution < -0.4 is 4.90 Å². The van der Waals surface area contributed by atoms with Gasteiger partial charge in [0.2, 0.25) is 0 Å². The molecule has 0 saturated heterocycles. The third-order valence-electron chi connectivity index (χ3n) is 4.28. The lowest BCUT2D eigenvalue weighted by Gasteiger charge is -2.23. The highest BCUT2D eigenvalue weighted by Crippen LogP contribution is 2.19. The zero-order chi connectivity index (χ0) is 20.4. The summed E-state index contributed by atoms with van der Waals surface area (Å²) in [6.07, 6.45) is 0.331. The Morgan fingerprint density at radius 3 is 2.48 bits per heavy atom. The Bertz CT molecular complexity index is 679. The molecule has 27 heavy (non-hydrogen) atoms. The predicted molar refractivity (Wildman–Crippen MR) is 104 cm³/mol. The van der Waals surface area contributed by atoms with Crippen LogP contribution >= 0.6 is 0 Å². The van der Waals surface area contributed by atoms with Crippen LogP contribution in [0.2, 0.25) is 0 Å². The lowest BCUT2D eigenvalue weighted by Crippen LogP contribution is -2.37. The highest BCUT2D eigenvalue weighted by Gasteiger charge is 2.21. The van der Waals surface area contributed by atoms with Crippen molar-refractivity contribution in [2.24, 2.45) is 5.92 Å². The molecular weight excluding hydrogens is 344 g/mol. The number of nitrogens with zero attached hydrogens (tertiary/aromatic N) is 2. The van der Waals surface area contributed by atoms with Gasteiger partial charge in [0.1, 0.15) is 0 Å². The Morgan fingerprint density at radius 2 is 1.89 bits per heavy atom. The van der Waals surface area contributed by atoms with Gasteiger partial charge in [0, 0.05) is 18.8 Å². The Hall–Kier alpha value is -2.39. The average Bonchev–Trinajstić information content (AvgIpc) is 2.62. The van der Waals surface area contributed by atoms with E-state index >= 15 is 0 Å². The molecule has 1 amide bonds. The molecular formula is C21H30N2O4. The monoisotopic (exact) mass is 374 g/mol. The van der Waals surface area contributed by atoms with E-state index in [1.807, 2.05) is 38.1 Å². The molecule has 0 heterocycles. The maximum atomic E-state index is 12.6. The first kappa shape index (κ1) is 22.7. The van der Waals surface area contributed by atoms with Crippen LogP contribution in [0.4, 0.5) is 5.69 Å². The highest BCUT2D eigenvalue weighted by molar-refractivity contribution is 5.95. The summed E-state index contributed by atoms with van der Waals surface area (Å²) < 4.78 is 10.6. The van der Waals surface area contributed by atoms with E-state index in [0.717, 1.165) is 17.5 Å². The minimum Gasteiger partial charge on any atom is -0.454 e. The molecule has 0 spiro atoms. The first-order valence-electron chi connectivity index (χ1n) is 9.29. The van der Waals surface area contributed by atoms with E-state index in [2.05, 4.69) is 13.8 Å². The number of hydrogen-bond donors (Lipinski definition) is 0. The number of hydrogen-bond acceptors (Lipinski definition) is 5. The van der Waals surface area contributed by atoms with E-state index in [1.54, 1.807) is 6.92 Å². The van der Waals surface area contributed by atoms with Crippen LogP contribution in [0.15, 0.2) is 18.2 Å². The van der Waals surface area contributed by atoms with Gasteiger partial charge in [-0.15, -0.1) is 0 Å². The zero-order valence-electron chi connectivity index (χ0n) is 16.9. The summed E-state index contributed by atoms with van der Waals surface area (Å²) >= 11 is 0. The van der Waals surface area contributed by atoms with Gasteiger partial charge in [0.05, 0.1) is 12.5 Å². The van der Waals surface area contributed by atoms with Gasteiger partial charge >= 0.3 is 5.97 Å². The van der Waals surface area contributed by atoms with Crippen molar-refractivity contribution in [1.82, 2.24) is 0 Å². The molecule has 0 bridgehead atoms. The largest absolute Gasteiger partial charge is 0.454 e. The van der Waals surface area contributed by atoms with Crippen LogP contribution in [0, 0.1) is 31.1 Å². The van der Waals surface area contributed by atoms with Gasteiger partial charge in [-0.05, 0) is 56.4 Å². The minimum atomic E-state index is -0.717. The second-order valence-electron chi connectivity index (χ2n) is 7.03. The van der Waals surface area contributed by atoms with Crippen molar-refractivity contribution in [3.63, 3.8) is 0 Å². The quantitative estimate of drug-likeness (QED) is 0.585. The van der Waals surface area contributed by atoms with Crippen LogP contribution in [0.1, 0.15) is 44.7 Å². The lowest BCUT2D eigenvalue weighted by molar-refractivity contribution is -0.158. The number of aryl methyl sites for hydroxylation is 2. The number of nitriles is 1. The molecule has 0 N–H and O–H groups in total. The van der Waals surface area contributed by atoms with Gasteiger partial charge in [-0.2, -0.15) is 5.26 Å². The van der Waals surface area contributed by atoms with Gasteiger partial charge in [-0.3, -0.25) is 4.79 Å². The molecule has 0 aromatic heterocycles. The molecule has 1 unspecified atom stereocenters. The summed E-state index contributed by atoms with van der Waals surface area (Å²) in [7, 11) is 0. The van der Waals surface area contributed by atoms with E-state index in [1.165, 1.54) is 4.90 Å². The summed E-state index contributed by atoms with van der Waals surface area (Å²) in [5.74, 6) is -0.440. The number of carbonyl (C=O) groups excluding carboxylic acids is 2. The van der Waals surface area contributed by atoms with Crippen LogP contribution in [0.3, 0.4) is 0 Å². The van der Waals surface area contributed by atoms with Gasteiger partial charge in [-0.1, -0.05) is 19.9 Å². The summed E-state index contributed by atoms with van der Waals surface area (Å²) in [5, 5.41) is 8.86. The second kappa shape index (κ2) is 11.3. The van der Waals surface area contributed by atoms with Crippen LogP contribution in [-0.4, -0.2) is 37.7 Å². The van der Waals surface area contributed by atoms with Crippen molar-refractivity contribution < 1.29 is 19.1 Å². The van der Waals surface area contributed by atoms with E-state index in [4.69, 9.17) is 14.7 Å². The Balaban J connectivity index is 2.67. The Morgan fingerprint density at radius 1 is 1.19 bits per heavy atom. The van der Waals surface area contributed by atoms with E-state index in [-0.39, 0.29) is 25.5 Å². The molecule has 0 aliphatic rings. The maximum absolute atomic E-state index is 12.6. The molecule has 1 aromatic rings. The Kier molecular flexibility index (Phi) is 9.52. The van der Waals surface area contributed by atoms with Crippen LogP contribution in [0.5, 0.6) is 0 Å². The van der Waals surface area contributed by atoms with E-state index in [0.29, 0.717) is 18.2 Å². The second-order valence-corrected chi connectivity index (χ2v) is 7.03. The fourth-order valence-corrected chi connectivity index (χ4v) is 2.33. The topological polar surface area (TPSA) is 79.6 Å². The first-order valence-corrected chi connectivity index (χ1v) is 9.29. The van der Waals surface area contributed by atoms with Gasteiger partial charge in [0.25, 0.3) is 5.91 Å². The van der Waals surface area contributed by atoms with Gasteiger partial charge in [-0.25, -0.2) is 4.79 Å². The van der Waals surface area contributed by atoms with E-state index < -0.39 is 12.1 Å². The normalized spacial score (nSPS) is 11.7. The summed E-state index contributed by atoms with van der Waals surface area (Å²) in [5.41, 5.74) is 2.85. The number of carbonyl (C=O) groups is 2. The molecule has 1 aromatic carbocycles. The molecule has 0 saturated carbocycles. The molecule has 0 radical (unpaired) electrons. The SMILES string of the molecule is Cc1ccc(N(CCC#N)C(=O)COC(=O)C(C)OCCC(C)C)cc1C. The third kappa shape index (κ3) is 7.79. The number of rotatable bonds is 10. The number of anilines is 1. The fraction of sp³-hybridized carbons (Fsp3) is 0.571. The van der Waals surface area contributed by atoms with Crippen molar-refractivity contribution in [2.45, 2.75) is 53.6 Å². The lowest BCUT2D eigenvalue weighted by atomic mass is 10.1. The molecule has 6 nitrogen and oxygen atoms in total. The van der Waals surface area contributed by atoms with Crippen molar-refractivity contribution in [3.05, 3.63) is 29.3 Å². The van der Waals surface area contributed by atoms with Gasteiger partial charge in [0.15, 0.2) is 12.7 Å². The fourth-order valence-electron chi connectivity index (χ4n) is 2.33. The standard InChI is InChI=1S/C21H30N2O4/c1-15(2)9-12-26-18(5)21(25)27-14-20(24)23(11-6-10-22)19-8-7-16(3)17(4)13-19/h7-8,13,15,18H,6,9,11-12,14H2,1-5H3. The summed E-state index contributed by atoms with van der Waals surface area (Å²) in [6, 6.07) is 7.69. The minimum absolute atomic E-state index is 0.196. The third-order valence-corrected chi connectivity index (χ3v) is 4.28. The maximum Gasteiger partial charge on any atom is 0.335 e. The highest BCUT2D eigenvalue weighted by atomic mass is 16.6. The van der Waals surface area contributed by atoms with Crippen LogP contribution in [0.25, 0.3) is 0 Å². The molecule has 0 fully saturated rings. The van der Waals surface area contributed by atoms with Crippen molar-refractivity contribution in [2.75, 3.05) is 24.7 Å². The first-order chi connectivity index (χ1) is 12.8.